The lowest BCUT2D eigenvalue weighted by Crippen LogP contribution is -1.73. The summed E-state index contributed by atoms with van der Waals surface area (Å²) in [6, 6.07) is 1.95. The van der Waals surface area contributed by atoms with Gasteiger partial charge in [-0.25, -0.2) is 0 Å². The van der Waals surface area contributed by atoms with Gasteiger partial charge in [0.15, 0.2) is 0 Å². The van der Waals surface area contributed by atoms with Gasteiger partial charge < -0.3 is 0 Å². The topological polar surface area (TPSA) is 12.9 Å². The minimum absolute atomic E-state index is 0.923. The second-order valence-corrected chi connectivity index (χ2v) is 2.49. The Morgan fingerprint density at radius 3 is 3.00 bits per heavy atom. The summed E-state index contributed by atoms with van der Waals surface area (Å²) < 4.78 is 4.10. The van der Waals surface area contributed by atoms with Crippen molar-refractivity contribution in [1.82, 2.24) is 4.37 Å². The van der Waals surface area contributed by atoms with Crippen LogP contribution >= 0.6 is 11.5 Å². The summed E-state index contributed by atoms with van der Waals surface area (Å²) in [5, 5.41) is 0. The first-order valence-corrected chi connectivity index (χ1v) is 3.56. The summed E-state index contributed by atoms with van der Waals surface area (Å²) in [6.07, 6.45) is 6.11. The Bertz CT molecular complexity index is 231. The van der Waals surface area contributed by atoms with Gasteiger partial charge in [0.2, 0.25) is 0 Å². The first-order valence-electron chi connectivity index (χ1n) is 2.79. The fourth-order valence-corrected chi connectivity index (χ4v) is 1.19. The minimum atomic E-state index is 0.923. The smallest absolute Gasteiger partial charge is 0.0975 e. The molecule has 1 aromatic heterocycles. The van der Waals surface area contributed by atoms with E-state index in [1.165, 1.54) is 11.5 Å². The normalized spacial score (nSPS) is 8.89. The zero-order valence-corrected chi connectivity index (χ0v) is 6.03. The molecule has 0 amide bonds. The molecule has 0 aromatic carbocycles. The summed E-state index contributed by atoms with van der Waals surface area (Å²) in [4.78, 5) is 0.923. The predicted octanol–water partition coefficient (Wildman–Crippen LogP) is 1.69. The fourth-order valence-electron chi connectivity index (χ4n) is 0.546. The average molecular weight is 137 g/mol. The number of hydrogen-bond acceptors (Lipinski definition) is 2. The molecular formula is C7H7NS. The van der Waals surface area contributed by atoms with Crippen molar-refractivity contribution in [3.63, 3.8) is 0 Å². The van der Waals surface area contributed by atoms with E-state index in [0.29, 0.717) is 0 Å². The third kappa shape index (κ3) is 1.30. The van der Waals surface area contributed by atoms with E-state index in [1.54, 1.807) is 0 Å². The van der Waals surface area contributed by atoms with Crippen molar-refractivity contribution in [2.75, 3.05) is 0 Å². The van der Waals surface area contributed by atoms with Crippen LogP contribution in [0.25, 0.3) is 0 Å². The summed E-state index contributed by atoms with van der Waals surface area (Å²) >= 11 is 1.39. The van der Waals surface area contributed by atoms with E-state index >= 15 is 0 Å². The van der Waals surface area contributed by atoms with Crippen molar-refractivity contribution in [3.8, 4) is 12.3 Å². The van der Waals surface area contributed by atoms with E-state index in [9.17, 15) is 0 Å². The summed E-state index contributed by atoms with van der Waals surface area (Å²) in [5.74, 6) is 2.54. The van der Waals surface area contributed by atoms with Crippen LogP contribution in [0.15, 0.2) is 6.07 Å². The second kappa shape index (κ2) is 2.65. The Morgan fingerprint density at radius 2 is 2.67 bits per heavy atom. The van der Waals surface area contributed by atoms with Crippen LogP contribution in [-0.4, -0.2) is 4.37 Å². The number of nitrogens with zero attached hydrogens (tertiary/aromatic N) is 1. The van der Waals surface area contributed by atoms with Crippen LogP contribution in [0.5, 0.6) is 0 Å². The molecule has 46 valence electrons. The van der Waals surface area contributed by atoms with Gasteiger partial charge in [0.25, 0.3) is 0 Å². The third-order valence-electron chi connectivity index (χ3n) is 1.06. The number of aryl methyl sites for hydroxylation is 1. The summed E-state index contributed by atoms with van der Waals surface area (Å²) in [5.41, 5.74) is 1.09. The van der Waals surface area contributed by atoms with E-state index in [0.717, 1.165) is 17.0 Å². The molecule has 0 radical (unpaired) electrons. The zero-order valence-electron chi connectivity index (χ0n) is 5.22. The molecule has 9 heavy (non-hydrogen) atoms. The molecule has 2 heteroatoms. The molecule has 0 fully saturated rings. The van der Waals surface area contributed by atoms with E-state index in [2.05, 4.69) is 17.2 Å². The Hall–Kier alpha value is -0.810. The molecule has 0 bridgehead atoms. The molecule has 0 saturated heterocycles. The highest BCUT2D eigenvalue weighted by Crippen LogP contribution is 2.07. The first-order chi connectivity index (χ1) is 4.36. The highest BCUT2D eigenvalue weighted by atomic mass is 32.1. The predicted molar refractivity (Wildman–Crippen MR) is 39.4 cm³/mol. The van der Waals surface area contributed by atoms with E-state index in [4.69, 9.17) is 6.42 Å². The van der Waals surface area contributed by atoms with Gasteiger partial charge in [-0.15, -0.1) is 6.42 Å². The molecule has 0 aliphatic heterocycles. The van der Waals surface area contributed by atoms with Crippen molar-refractivity contribution >= 4 is 11.5 Å². The van der Waals surface area contributed by atoms with Crippen molar-refractivity contribution in [2.45, 2.75) is 13.3 Å². The number of terminal acetylenes is 1. The van der Waals surface area contributed by atoms with Crippen LogP contribution in [0, 0.1) is 12.3 Å². The maximum Gasteiger partial charge on any atom is 0.0975 e. The molecule has 0 N–H and O–H groups in total. The molecule has 0 aliphatic carbocycles. The lowest BCUT2D eigenvalue weighted by molar-refractivity contribution is 1.09. The minimum Gasteiger partial charge on any atom is -0.196 e. The van der Waals surface area contributed by atoms with Gasteiger partial charge >= 0.3 is 0 Å². The van der Waals surface area contributed by atoms with Gasteiger partial charge in [-0.3, -0.25) is 0 Å². The van der Waals surface area contributed by atoms with Crippen LogP contribution in [0.1, 0.15) is 17.5 Å². The Morgan fingerprint density at radius 1 is 1.89 bits per heavy atom. The Kier molecular flexibility index (Phi) is 1.86. The molecular weight excluding hydrogens is 130 g/mol. The SMILES string of the molecule is C#Cc1cc(CC)ns1. The molecule has 0 aliphatic rings. The monoisotopic (exact) mass is 137 g/mol. The number of aromatic nitrogens is 1. The van der Waals surface area contributed by atoms with Gasteiger partial charge in [-0.2, -0.15) is 4.37 Å². The highest BCUT2D eigenvalue weighted by Gasteiger charge is 1.93. The maximum atomic E-state index is 5.14. The van der Waals surface area contributed by atoms with Gasteiger partial charge in [0, 0.05) is 0 Å². The molecule has 1 rings (SSSR count). The fraction of sp³-hybridized carbons (Fsp3) is 0.286. The molecule has 0 atom stereocenters. The zero-order chi connectivity index (χ0) is 6.69. The van der Waals surface area contributed by atoms with Crippen LogP contribution in [0.4, 0.5) is 0 Å². The Labute approximate surface area is 58.9 Å². The second-order valence-electron chi connectivity index (χ2n) is 1.68. The first kappa shape index (κ1) is 6.31. The summed E-state index contributed by atoms with van der Waals surface area (Å²) in [6.45, 7) is 2.06. The maximum absolute atomic E-state index is 5.14. The standard InChI is InChI=1S/C7H7NS/c1-3-6-5-7(4-2)9-8-6/h2,5H,3H2,1H3. The van der Waals surface area contributed by atoms with Crippen LogP contribution < -0.4 is 0 Å². The largest absolute Gasteiger partial charge is 0.196 e. The molecule has 0 unspecified atom stereocenters. The van der Waals surface area contributed by atoms with Gasteiger partial charge in [-0.1, -0.05) is 12.8 Å². The van der Waals surface area contributed by atoms with Crippen molar-refractivity contribution < 1.29 is 0 Å². The van der Waals surface area contributed by atoms with Gasteiger partial charge in [-0.05, 0) is 24.0 Å². The molecule has 1 heterocycles. The Balaban J connectivity index is 2.90. The van der Waals surface area contributed by atoms with E-state index < -0.39 is 0 Å². The van der Waals surface area contributed by atoms with E-state index in [1.807, 2.05) is 6.07 Å². The molecule has 1 nitrogen and oxygen atoms in total. The lowest BCUT2D eigenvalue weighted by atomic mass is 10.3. The molecule has 0 saturated carbocycles. The quantitative estimate of drug-likeness (QED) is 0.537. The van der Waals surface area contributed by atoms with E-state index in [-0.39, 0.29) is 0 Å². The number of hydrogen-bond donors (Lipinski definition) is 0. The van der Waals surface area contributed by atoms with Gasteiger partial charge in [0.1, 0.15) is 0 Å². The lowest BCUT2D eigenvalue weighted by Gasteiger charge is -1.77. The molecule has 1 aromatic rings. The van der Waals surface area contributed by atoms with Gasteiger partial charge in [0.05, 0.1) is 10.6 Å². The van der Waals surface area contributed by atoms with Crippen molar-refractivity contribution in [1.29, 1.82) is 0 Å². The van der Waals surface area contributed by atoms with Crippen LogP contribution in [0.3, 0.4) is 0 Å². The number of rotatable bonds is 1. The van der Waals surface area contributed by atoms with Crippen molar-refractivity contribution in [2.24, 2.45) is 0 Å². The van der Waals surface area contributed by atoms with Crippen LogP contribution in [0.2, 0.25) is 0 Å². The molecule has 0 spiro atoms. The third-order valence-corrected chi connectivity index (χ3v) is 1.82. The highest BCUT2D eigenvalue weighted by molar-refractivity contribution is 7.06. The average Bonchev–Trinajstić information content (AvgIpc) is 2.34. The van der Waals surface area contributed by atoms with Crippen molar-refractivity contribution in [3.05, 3.63) is 16.6 Å². The summed E-state index contributed by atoms with van der Waals surface area (Å²) in [7, 11) is 0. The van der Waals surface area contributed by atoms with Crippen LogP contribution in [-0.2, 0) is 6.42 Å².